The molecule has 3 heteroatoms. The van der Waals surface area contributed by atoms with Gasteiger partial charge in [-0.2, -0.15) is 0 Å². The van der Waals surface area contributed by atoms with Crippen LogP contribution in [0.25, 0.3) is 0 Å². The van der Waals surface area contributed by atoms with Gasteiger partial charge in [-0.1, -0.05) is 31.2 Å². The largest absolute Gasteiger partial charge is 0.335 e. The smallest absolute Gasteiger partial charge is 0.255 e. The maximum atomic E-state index is 13.0. The van der Waals surface area contributed by atoms with E-state index in [4.69, 9.17) is 0 Å². The summed E-state index contributed by atoms with van der Waals surface area (Å²) < 4.78 is 0. The number of benzene rings is 1. The Kier molecular flexibility index (Phi) is 4.46. The average molecular weight is 308 g/mol. The number of hydrogen-bond donors (Lipinski definition) is 0. The molecular weight excluding hydrogens is 284 g/mol. The highest BCUT2D eigenvalue weighted by Gasteiger charge is 2.30. The normalized spacial score (nSPS) is 13.9. The fourth-order valence-corrected chi connectivity index (χ4v) is 3.37. The summed E-state index contributed by atoms with van der Waals surface area (Å²) in [7, 11) is 0. The summed E-state index contributed by atoms with van der Waals surface area (Å²) in [5.74, 6) is 0.111. The van der Waals surface area contributed by atoms with E-state index in [1.165, 1.54) is 11.1 Å². The van der Waals surface area contributed by atoms with Crippen LogP contribution in [0.4, 0.5) is 0 Å². The maximum absolute atomic E-state index is 13.0. The molecule has 1 aromatic heterocycles. The number of nitrogens with zero attached hydrogens (tertiary/aromatic N) is 2. The summed E-state index contributed by atoms with van der Waals surface area (Å²) in [4.78, 5) is 19.4. The van der Waals surface area contributed by atoms with Crippen molar-refractivity contribution in [2.75, 3.05) is 6.54 Å². The topological polar surface area (TPSA) is 33.2 Å². The fourth-order valence-electron chi connectivity index (χ4n) is 3.37. The van der Waals surface area contributed by atoms with E-state index in [1.807, 2.05) is 24.8 Å². The summed E-state index contributed by atoms with van der Waals surface area (Å²) in [6.45, 7) is 6.90. The first-order chi connectivity index (χ1) is 11.1. The van der Waals surface area contributed by atoms with Gasteiger partial charge in [0.05, 0.1) is 5.56 Å². The minimum Gasteiger partial charge on any atom is -0.335 e. The molecule has 3 rings (SSSR count). The number of carbonyl (C=O) groups is 1. The molecule has 0 N–H and O–H groups in total. The molecule has 1 heterocycles. The molecular formula is C20H24N2O. The first-order valence-electron chi connectivity index (χ1n) is 8.41. The number of fused-ring (bicyclic) bond motifs is 1. The maximum Gasteiger partial charge on any atom is 0.255 e. The summed E-state index contributed by atoms with van der Waals surface area (Å²) in [6.07, 6.45) is 4.60. The van der Waals surface area contributed by atoms with Gasteiger partial charge in [-0.3, -0.25) is 9.78 Å². The number of pyridine rings is 1. The Morgan fingerprint density at radius 1 is 1.22 bits per heavy atom. The second kappa shape index (κ2) is 6.53. The molecule has 1 amide bonds. The van der Waals surface area contributed by atoms with E-state index < -0.39 is 0 Å². The van der Waals surface area contributed by atoms with Crippen molar-refractivity contribution in [3.63, 3.8) is 0 Å². The van der Waals surface area contributed by atoms with Gasteiger partial charge in [-0.15, -0.1) is 0 Å². The van der Waals surface area contributed by atoms with Crippen molar-refractivity contribution in [2.45, 2.75) is 46.1 Å². The Balaban J connectivity index is 1.84. The van der Waals surface area contributed by atoms with E-state index in [-0.39, 0.29) is 11.9 Å². The molecule has 23 heavy (non-hydrogen) atoms. The summed E-state index contributed by atoms with van der Waals surface area (Å²) in [5.41, 5.74) is 5.52. The van der Waals surface area contributed by atoms with Gasteiger partial charge >= 0.3 is 0 Å². The minimum atomic E-state index is 0.111. The number of aryl methyl sites for hydroxylation is 2. The summed E-state index contributed by atoms with van der Waals surface area (Å²) in [5, 5.41) is 0. The lowest BCUT2D eigenvalue weighted by molar-refractivity contribution is 0.0684. The number of aromatic nitrogens is 1. The highest BCUT2D eigenvalue weighted by atomic mass is 16.2. The predicted molar refractivity (Wildman–Crippen MR) is 92.7 cm³/mol. The van der Waals surface area contributed by atoms with E-state index in [1.54, 1.807) is 6.20 Å². The lowest BCUT2D eigenvalue weighted by Crippen LogP contribution is -2.41. The molecule has 1 aliphatic rings. The third-order valence-corrected chi connectivity index (χ3v) is 4.78. The molecule has 0 unspecified atom stereocenters. The molecule has 0 spiro atoms. The van der Waals surface area contributed by atoms with E-state index >= 15 is 0 Å². The Morgan fingerprint density at radius 3 is 2.43 bits per heavy atom. The molecule has 2 aromatic rings. The van der Waals surface area contributed by atoms with E-state index in [0.29, 0.717) is 5.56 Å². The van der Waals surface area contributed by atoms with E-state index in [0.717, 1.165) is 37.1 Å². The zero-order valence-electron chi connectivity index (χ0n) is 14.2. The number of carbonyl (C=O) groups excluding carboxylic acids is 1. The van der Waals surface area contributed by atoms with Crippen LogP contribution < -0.4 is 0 Å². The van der Waals surface area contributed by atoms with Crippen LogP contribution in [-0.2, 0) is 12.8 Å². The van der Waals surface area contributed by atoms with Crippen molar-refractivity contribution in [1.29, 1.82) is 0 Å². The molecule has 0 saturated carbocycles. The SMILES string of the molecule is CCCN(C(=O)c1cnc(C)c(C)c1)C1Cc2ccccc2C1. The Bertz CT molecular complexity index is 698. The molecule has 3 nitrogen and oxygen atoms in total. The summed E-state index contributed by atoms with van der Waals surface area (Å²) >= 11 is 0. The molecule has 0 atom stereocenters. The molecule has 0 saturated heterocycles. The van der Waals surface area contributed by atoms with Crippen LogP contribution in [0.2, 0.25) is 0 Å². The second-order valence-corrected chi connectivity index (χ2v) is 6.46. The Hall–Kier alpha value is -2.16. The van der Waals surface area contributed by atoms with Gasteiger partial charge in [0.2, 0.25) is 0 Å². The van der Waals surface area contributed by atoms with Gasteiger partial charge in [-0.25, -0.2) is 0 Å². The molecule has 0 bridgehead atoms. The van der Waals surface area contributed by atoms with Crippen LogP contribution in [0.1, 0.15) is 46.1 Å². The molecule has 0 aliphatic heterocycles. The summed E-state index contributed by atoms with van der Waals surface area (Å²) in [6, 6.07) is 10.8. The number of rotatable bonds is 4. The van der Waals surface area contributed by atoms with Gasteiger partial charge in [-0.05, 0) is 55.9 Å². The van der Waals surface area contributed by atoms with Crippen LogP contribution in [0.3, 0.4) is 0 Å². The third kappa shape index (κ3) is 3.14. The van der Waals surface area contributed by atoms with Crippen molar-refractivity contribution < 1.29 is 4.79 Å². The highest BCUT2D eigenvalue weighted by Crippen LogP contribution is 2.26. The van der Waals surface area contributed by atoms with Crippen LogP contribution in [0.5, 0.6) is 0 Å². The standard InChI is InChI=1S/C20H24N2O/c1-4-9-22(19-11-16-7-5-6-8-17(16)12-19)20(23)18-10-14(2)15(3)21-13-18/h5-8,10,13,19H,4,9,11-12H2,1-3H3. The van der Waals surface area contributed by atoms with Gasteiger partial charge in [0, 0.05) is 24.5 Å². The molecule has 0 fully saturated rings. The lowest BCUT2D eigenvalue weighted by Gasteiger charge is -2.29. The molecule has 1 aromatic carbocycles. The van der Waals surface area contributed by atoms with E-state index in [2.05, 4.69) is 36.2 Å². The van der Waals surface area contributed by atoms with Crippen LogP contribution in [0, 0.1) is 13.8 Å². The molecule has 0 radical (unpaired) electrons. The van der Waals surface area contributed by atoms with Crippen molar-refractivity contribution in [1.82, 2.24) is 9.88 Å². The molecule has 1 aliphatic carbocycles. The van der Waals surface area contributed by atoms with Crippen molar-refractivity contribution in [2.24, 2.45) is 0 Å². The second-order valence-electron chi connectivity index (χ2n) is 6.46. The van der Waals surface area contributed by atoms with Gasteiger partial charge in [0.15, 0.2) is 0 Å². The molecule has 120 valence electrons. The van der Waals surface area contributed by atoms with Crippen LogP contribution in [0.15, 0.2) is 36.5 Å². The van der Waals surface area contributed by atoms with Crippen molar-refractivity contribution in [3.05, 3.63) is 64.5 Å². The van der Waals surface area contributed by atoms with Crippen molar-refractivity contribution in [3.8, 4) is 0 Å². The monoisotopic (exact) mass is 308 g/mol. The van der Waals surface area contributed by atoms with E-state index in [9.17, 15) is 4.79 Å². The highest BCUT2D eigenvalue weighted by molar-refractivity contribution is 5.94. The quantitative estimate of drug-likeness (QED) is 0.862. The van der Waals surface area contributed by atoms with Crippen LogP contribution in [-0.4, -0.2) is 28.4 Å². The zero-order valence-corrected chi connectivity index (χ0v) is 14.2. The van der Waals surface area contributed by atoms with Crippen molar-refractivity contribution >= 4 is 5.91 Å². The van der Waals surface area contributed by atoms with Gasteiger partial charge in [0.25, 0.3) is 5.91 Å². The number of amides is 1. The number of hydrogen-bond acceptors (Lipinski definition) is 2. The Labute approximate surface area is 138 Å². The fraction of sp³-hybridized carbons (Fsp3) is 0.400. The van der Waals surface area contributed by atoms with Gasteiger partial charge in [0.1, 0.15) is 0 Å². The first-order valence-corrected chi connectivity index (χ1v) is 8.41. The lowest BCUT2D eigenvalue weighted by atomic mass is 10.1. The minimum absolute atomic E-state index is 0.111. The third-order valence-electron chi connectivity index (χ3n) is 4.78. The Morgan fingerprint density at radius 2 is 1.87 bits per heavy atom. The van der Waals surface area contributed by atoms with Crippen LogP contribution >= 0.6 is 0 Å². The predicted octanol–water partition coefficient (Wildman–Crippen LogP) is 3.72. The zero-order chi connectivity index (χ0) is 16.4. The average Bonchev–Trinajstić information content (AvgIpc) is 2.98. The first kappa shape index (κ1) is 15.7. The van der Waals surface area contributed by atoms with Gasteiger partial charge < -0.3 is 4.90 Å².